The van der Waals surface area contributed by atoms with E-state index in [1.807, 2.05) is 18.2 Å². The van der Waals surface area contributed by atoms with Gasteiger partial charge in [-0.1, -0.05) is 30.3 Å². The second kappa shape index (κ2) is 3.51. The lowest BCUT2D eigenvalue weighted by Crippen LogP contribution is -2.13. The molecule has 2 N–H and O–H groups in total. The fourth-order valence-electron chi connectivity index (χ4n) is 0.929. The van der Waals surface area contributed by atoms with Gasteiger partial charge in [0.1, 0.15) is 6.10 Å². The van der Waals surface area contributed by atoms with Gasteiger partial charge in [0.15, 0.2) is 0 Å². The third-order valence-corrected chi connectivity index (χ3v) is 1.60. The van der Waals surface area contributed by atoms with Gasteiger partial charge in [-0.25, -0.2) is 0 Å². The van der Waals surface area contributed by atoms with Crippen LogP contribution in [-0.2, 0) is 0 Å². The minimum atomic E-state index is -0.767. The molecule has 2 atom stereocenters. The van der Waals surface area contributed by atoms with E-state index in [-0.39, 0.29) is 0 Å². The topological polar surface area (TPSA) is 40.5 Å². The summed E-state index contributed by atoms with van der Waals surface area (Å²) in [6.45, 7) is 1.57. The van der Waals surface area contributed by atoms with E-state index in [1.165, 1.54) is 0 Å². The van der Waals surface area contributed by atoms with Gasteiger partial charge < -0.3 is 10.2 Å². The predicted molar refractivity (Wildman–Crippen MR) is 43.1 cm³/mol. The zero-order valence-corrected chi connectivity index (χ0v) is 6.44. The molecule has 0 fully saturated rings. The van der Waals surface area contributed by atoms with Gasteiger partial charge in [-0.15, -0.1) is 0 Å². The summed E-state index contributed by atoms with van der Waals surface area (Å²) in [5, 5.41) is 18.4. The van der Waals surface area contributed by atoms with Gasteiger partial charge in [0, 0.05) is 0 Å². The average molecular weight is 152 g/mol. The smallest absolute Gasteiger partial charge is 0.105 e. The molecule has 2 nitrogen and oxygen atoms in total. The van der Waals surface area contributed by atoms with E-state index in [1.54, 1.807) is 19.1 Å². The van der Waals surface area contributed by atoms with Gasteiger partial charge in [0.25, 0.3) is 0 Å². The first-order chi connectivity index (χ1) is 5.22. The second-order valence-electron chi connectivity index (χ2n) is 2.60. The van der Waals surface area contributed by atoms with Crippen molar-refractivity contribution < 1.29 is 10.2 Å². The SMILES string of the molecule is C[C@H](O)C(O)c1ccccc1. The standard InChI is InChI=1S/C9H12O2/c1-7(10)9(11)8-5-3-2-4-6-8/h2-7,9-11H,1H3/t7-,9?/m0/s1. The normalized spacial score (nSPS) is 15.9. The fraction of sp³-hybridized carbons (Fsp3) is 0.333. The molecular formula is C9H12O2. The predicted octanol–water partition coefficient (Wildman–Crippen LogP) is 1.10. The van der Waals surface area contributed by atoms with Crippen molar-refractivity contribution in [3.8, 4) is 0 Å². The lowest BCUT2D eigenvalue weighted by molar-refractivity contribution is 0.0305. The minimum absolute atomic E-state index is 0.711. The van der Waals surface area contributed by atoms with E-state index >= 15 is 0 Å². The first-order valence-corrected chi connectivity index (χ1v) is 3.63. The van der Waals surface area contributed by atoms with Crippen LogP contribution in [0.4, 0.5) is 0 Å². The number of aliphatic hydroxyl groups excluding tert-OH is 2. The summed E-state index contributed by atoms with van der Waals surface area (Å²) >= 11 is 0. The molecule has 0 spiro atoms. The summed E-state index contributed by atoms with van der Waals surface area (Å²) in [7, 11) is 0. The van der Waals surface area contributed by atoms with Crippen LogP contribution in [-0.4, -0.2) is 16.3 Å². The maximum Gasteiger partial charge on any atom is 0.105 e. The van der Waals surface area contributed by atoms with Gasteiger partial charge >= 0.3 is 0 Å². The molecule has 0 radical (unpaired) electrons. The van der Waals surface area contributed by atoms with Crippen LogP contribution >= 0.6 is 0 Å². The Morgan fingerprint density at radius 1 is 1.09 bits per heavy atom. The molecule has 60 valence electrons. The molecule has 0 aliphatic rings. The molecule has 1 unspecified atom stereocenters. The van der Waals surface area contributed by atoms with Gasteiger partial charge in [-0.2, -0.15) is 0 Å². The maximum atomic E-state index is 9.35. The van der Waals surface area contributed by atoms with Crippen LogP contribution in [0.25, 0.3) is 0 Å². The van der Waals surface area contributed by atoms with Crippen molar-refractivity contribution in [1.29, 1.82) is 0 Å². The van der Waals surface area contributed by atoms with Crippen LogP contribution in [0.3, 0.4) is 0 Å². The average Bonchev–Trinajstić information content (AvgIpc) is 2.05. The Hall–Kier alpha value is -0.860. The van der Waals surface area contributed by atoms with Gasteiger partial charge in [-0.05, 0) is 12.5 Å². The Morgan fingerprint density at radius 3 is 2.09 bits per heavy atom. The second-order valence-corrected chi connectivity index (χ2v) is 2.60. The highest BCUT2D eigenvalue weighted by Gasteiger charge is 2.11. The largest absolute Gasteiger partial charge is 0.390 e. The molecule has 11 heavy (non-hydrogen) atoms. The van der Waals surface area contributed by atoms with Crippen molar-refractivity contribution in [1.82, 2.24) is 0 Å². The van der Waals surface area contributed by atoms with E-state index in [4.69, 9.17) is 5.11 Å². The maximum absolute atomic E-state index is 9.35. The van der Waals surface area contributed by atoms with Crippen molar-refractivity contribution in [3.63, 3.8) is 0 Å². The summed E-state index contributed by atoms with van der Waals surface area (Å²) in [6, 6.07) is 9.12. The molecule has 0 aromatic heterocycles. The molecule has 1 rings (SSSR count). The number of hydrogen-bond acceptors (Lipinski definition) is 2. The van der Waals surface area contributed by atoms with E-state index in [2.05, 4.69) is 0 Å². The van der Waals surface area contributed by atoms with Crippen LogP contribution in [0.15, 0.2) is 30.3 Å². The van der Waals surface area contributed by atoms with Gasteiger partial charge in [0.2, 0.25) is 0 Å². The molecule has 0 saturated carbocycles. The molecule has 0 saturated heterocycles. The highest BCUT2D eigenvalue weighted by atomic mass is 16.3. The Labute approximate surface area is 66.1 Å². The Balaban J connectivity index is 2.77. The Kier molecular flexibility index (Phi) is 2.63. The summed E-state index contributed by atoms with van der Waals surface area (Å²) in [4.78, 5) is 0. The van der Waals surface area contributed by atoms with Crippen molar-refractivity contribution >= 4 is 0 Å². The minimum Gasteiger partial charge on any atom is -0.390 e. The zero-order valence-electron chi connectivity index (χ0n) is 6.44. The summed E-state index contributed by atoms with van der Waals surface area (Å²) < 4.78 is 0. The number of rotatable bonds is 2. The molecule has 0 heterocycles. The third-order valence-electron chi connectivity index (χ3n) is 1.60. The first kappa shape index (κ1) is 8.24. The van der Waals surface area contributed by atoms with Crippen molar-refractivity contribution in [2.24, 2.45) is 0 Å². The van der Waals surface area contributed by atoms with E-state index in [0.29, 0.717) is 0 Å². The molecule has 0 bridgehead atoms. The number of hydrogen-bond donors (Lipinski definition) is 2. The molecule has 0 aliphatic carbocycles. The van der Waals surface area contributed by atoms with Crippen molar-refractivity contribution in [2.75, 3.05) is 0 Å². The highest BCUT2D eigenvalue weighted by Crippen LogP contribution is 2.15. The number of benzene rings is 1. The first-order valence-electron chi connectivity index (χ1n) is 3.63. The van der Waals surface area contributed by atoms with E-state index in [0.717, 1.165) is 5.56 Å². The van der Waals surface area contributed by atoms with Crippen LogP contribution < -0.4 is 0 Å². The fourth-order valence-corrected chi connectivity index (χ4v) is 0.929. The third kappa shape index (κ3) is 2.03. The van der Waals surface area contributed by atoms with Crippen LogP contribution in [0, 0.1) is 0 Å². The zero-order chi connectivity index (χ0) is 8.27. The summed E-state index contributed by atoms with van der Waals surface area (Å²) in [6.07, 6.45) is -1.48. The summed E-state index contributed by atoms with van der Waals surface area (Å²) in [5.41, 5.74) is 0.752. The van der Waals surface area contributed by atoms with Crippen molar-refractivity contribution in [2.45, 2.75) is 19.1 Å². The molecule has 0 amide bonds. The van der Waals surface area contributed by atoms with Crippen molar-refractivity contribution in [3.05, 3.63) is 35.9 Å². The Bertz CT molecular complexity index is 206. The van der Waals surface area contributed by atoms with Gasteiger partial charge in [-0.3, -0.25) is 0 Å². The quantitative estimate of drug-likeness (QED) is 0.666. The molecule has 2 heteroatoms. The lowest BCUT2D eigenvalue weighted by Gasteiger charge is -2.12. The highest BCUT2D eigenvalue weighted by molar-refractivity contribution is 5.17. The summed E-state index contributed by atoms with van der Waals surface area (Å²) in [5.74, 6) is 0. The van der Waals surface area contributed by atoms with Crippen LogP contribution in [0.2, 0.25) is 0 Å². The van der Waals surface area contributed by atoms with E-state index < -0.39 is 12.2 Å². The number of aliphatic hydroxyl groups is 2. The molecule has 1 aromatic rings. The molecular weight excluding hydrogens is 140 g/mol. The van der Waals surface area contributed by atoms with Crippen LogP contribution in [0.1, 0.15) is 18.6 Å². The van der Waals surface area contributed by atoms with Gasteiger partial charge in [0.05, 0.1) is 6.10 Å². The monoisotopic (exact) mass is 152 g/mol. The lowest BCUT2D eigenvalue weighted by atomic mass is 10.1. The molecule has 0 aliphatic heterocycles. The van der Waals surface area contributed by atoms with E-state index in [9.17, 15) is 5.11 Å². The molecule has 1 aromatic carbocycles. The van der Waals surface area contributed by atoms with Crippen LogP contribution in [0.5, 0.6) is 0 Å². The Morgan fingerprint density at radius 2 is 1.64 bits per heavy atom.